The fraction of sp³-hybridized carbons (Fsp3) is 0.538. The Hall–Kier alpha value is -1.82. The molecule has 1 heterocycles. The van der Waals surface area contributed by atoms with E-state index in [2.05, 4.69) is 5.32 Å². The van der Waals surface area contributed by atoms with E-state index < -0.39 is 0 Å². The van der Waals surface area contributed by atoms with Crippen molar-refractivity contribution in [1.29, 1.82) is 0 Å². The largest absolute Gasteiger partial charge is 0.467 e. The number of hydrogen-bond donors (Lipinski definition) is 1. The molecule has 0 radical (unpaired) electrons. The molecule has 0 aliphatic carbocycles. The topological polar surface area (TPSA) is 71.8 Å². The highest BCUT2D eigenvalue weighted by Gasteiger charge is 2.09. The Balaban J connectivity index is 2.15. The van der Waals surface area contributed by atoms with E-state index in [9.17, 15) is 9.59 Å². The van der Waals surface area contributed by atoms with Gasteiger partial charge in [-0.15, -0.1) is 0 Å². The molecule has 0 aliphatic rings. The molecule has 6 nitrogen and oxygen atoms in total. The van der Waals surface area contributed by atoms with Crippen molar-refractivity contribution in [3.63, 3.8) is 0 Å². The number of likely N-dealkylation sites (N-methyl/N-ethyl adjacent to an activating group) is 1. The van der Waals surface area contributed by atoms with Crippen LogP contribution in [0.4, 0.5) is 0 Å². The third-order valence-corrected chi connectivity index (χ3v) is 2.46. The second-order valence-electron chi connectivity index (χ2n) is 4.15. The Kier molecular flexibility index (Phi) is 6.67. The van der Waals surface area contributed by atoms with Gasteiger partial charge in [0.1, 0.15) is 5.76 Å². The SMILES string of the molecule is CCOC(=O)CCN(C)CC(=O)NCc1ccco1. The van der Waals surface area contributed by atoms with Crippen LogP contribution < -0.4 is 5.32 Å². The first-order valence-electron chi connectivity index (χ1n) is 6.25. The Morgan fingerprint density at radius 2 is 2.26 bits per heavy atom. The van der Waals surface area contributed by atoms with Crippen LogP contribution in [0.2, 0.25) is 0 Å². The first-order chi connectivity index (χ1) is 9.11. The molecule has 0 saturated carbocycles. The van der Waals surface area contributed by atoms with Crippen LogP contribution in [0.15, 0.2) is 22.8 Å². The van der Waals surface area contributed by atoms with Crippen LogP contribution in [-0.2, 0) is 20.9 Å². The standard InChI is InChI=1S/C13H20N2O4/c1-3-18-13(17)6-7-15(2)10-12(16)14-9-11-5-4-8-19-11/h4-5,8H,3,6-7,9-10H2,1-2H3,(H,14,16). The fourth-order valence-electron chi connectivity index (χ4n) is 1.49. The molecule has 1 aromatic heterocycles. The second-order valence-corrected chi connectivity index (χ2v) is 4.15. The Labute approximate surface area is 112 Å². The number of amides is 1. The van der Waals surface area contributed by atoms with Gasteiger partial charge in [0.25, 0.3) is 0 Å². The van der Waals surface area contributed by atoms with E-state index in [0.29, 0.717) is 25.5 Å². The molecule has 0 spiro atoms. The number of hydrogen-bond acceptors (Lipinski definition) is 5. The Morgan fingerprint density at radius 3 is 2.89 bits per heavy atom. The zero-order valence-electron chi connectivity index (χ0n) is 11.3. The van der Waals surface area contributed by atoms with Crippen molar-refractivity contribution in [2.24, 2.45) is 0 Å². The van der Waals surface area contributed by atoms with Crippen molar-refractivity contribution >= 4 is 11.9 Å². The average Bonchev–Trinajstić information content (AvgIpc) is 2.87. The fourth-order valence-corrected chi connectivity index (χ4v) is 1.49. The summed E-state index contributed by atoms with van der Waals surface area (Å²) in [4.78, 5) is 24.5. The number of esters is 1. The number of carbonyl (C=O) groups is 2. The lowest BCUT2D eigenvalue weighted by atomic mass is 10.4. The maximum atomic E-state index is 11.6. The maximum absolute atomic E-state index is 11.6. The van der Waals surface area contributed by atoms with Crippen LogP contribution in [0, 0.1) is 0 Å². The Bertz CT molecular complexity index is 389. The summed E-state index contributed by atoms with van der Waals surface area (Å²) in [5, 5.41) is 2.74. The average molecular weight is 268 g/mol. The predicted molar refractivity (Wildman–Crippen MR) is 69.3 cm³/mol. The van der Waals surface area contributed by atoms with Crippen LogP contribution in [0.3, 0.4) is 0 Å². The van der Waals surface area contributed by atoms with Gasteiger partial charge in [-0.05, 0) is 26.1 Å². The lowest BCUT2D eigenvalue weighted by Gasteiger charge is -2.15. The van der Waals surface area contributed by atoms with Crippen molar-refractivity contribution < 1.29 is 18.7 Å². The summed E-state index contributed by atoms with van der Waals surface area (Å²) in [6.07, 6.45) is 1.85. The van der Waals surface area contributed by atoms with E-state index in [0.717, 1.165) is 0 Å². The van der Waals surface area contributed by atoms with Gasteiger partial charge in [-0.3, -0.25) is 14.5 Å². The summed E-state index contributed by atoms with van der Waals surface area (Å²) in [6.45, 7) is 3.25. The molecule has 0 aliphatic heterocycles. The van der Waals surface area contributed by atoms with Crippen molar-refractivity contribution in [3.8, 4) is 0 Å². The third kappa shape index (κ3) is 6.61. The molecule has 0 saturated heterocycles. The highest BCUT2D eigenvalue weighted by molar-refractivity contribution is 5.78. The predicted octanol–water partition coefficient (Wildman–Crippen LogP) is 0.781. The van der Waals surface area contributed by atoms with Crippen LogP contribution in [0.5, 0.6) is 0 Å². The van der Waals surface area contributed by atoms with E-state index in [1.807, 2.05) is 0 Å². The zero-order chi connectivity index (χ0) is 14.1. The first kappa shape index (κ1) is 15.2. The van der Waals surface area contributed by atoms with Crippen LogP contribution in [-0.4, -0.2) is 43.5 Å². The minimum absolute atomic E-state index is 0.109. The first-order valence-corrected chi connectivity index (χ1v) is 6.25. The van der Waals surface area contributed by atoms with E-state index >= 15 is 0 Å². The molecular weight excluding hydrogens is 248 g/mol. The molecular formula is C13H20N2O4. The Morgan fingerprint density at radius 1 is 1.47 bits per heavy atom. The van der Waals surface area contributed by atoms with Crippen molar-refractivity contribution in [1.82, 2.24) is 10.2 Å². The van der Waals surface area contributed by atoms with Crippen molar-refractivity contribution in [2.45, 2.75) is 19.9 Å². The normalized spacial score (nSPS) is 10.5. The van der Waals surface area contributed by atoms with Gasteiger partial charge in [0.15, 0.2) is 0 Å². The molecule has 0 fully saturated rings. The van der Waals surface area contributed by atoms with Gasteiger partial charge in [0, 0.05) is 6.54 Å². The molecule has 0 bridgehead atoms. The number of carbonyl (C=O) groups excluding carboxylic acids is 2. The highest BCUT2D eigenvalue weighted by atomic mass is 16.5. The van der Waals surface area contributed by atoms with Gasteiger partial charge in [0.2, 0.25) is 5.91 Å². The summed E-state index contributed by atoms with van der Waals surface area (Å²) in [6, 6.07) is 3.57. The third-order valence-electron chi connectivity index (χ3n) is 2.46. The number of furan rings is 1. The van der Waals surface area contributed by atoms with Crippen LogP contribution >= 0.6 is 0 Å². The molecule has 106 valence electrons. The molecule has 0 aromatic carbocycles. The lowest BCUT2D eigenvalue weighted by Crippen LogP contribution is -2.35. The maximum Gasteiger partial charge on any atom is 0.307 e. The lowest BCUT2D eigenvalue weighted by molar-refractivity contribution is -0.143. The van der Waals surface area contributed by atoms with E-state index in [1.54, 1.807) is 37.3 Å². The molecule has 1 amide bonds. The van der Waals surface area contributed by atoms with Crippen molar-refractivity contribution in [2.75, 3.05) is 26.7 Å². The molecule has 1 rings (SSSR count). The molecule has 1 aromatic rings. The number of ether oxygens (including phenoxy) is 1. The van der Waals surface area contributed by atoms with Crippen LogP contribution in [0.25, 0.3) is 0 Å². The second kappa shape index (κ2) is 8.31. The van der Waals surface area contributed by atoms with Crippen LogP contribution in [0.1, 0.15) is 19.1 Å². The zero-order valence-corrected chi connectivity index (χ0v) is 11.3. The number of nitrogens with zero attached hydrogens (tertiary/aromatic N) is 1. The van der Waals surface area contributed by atoms with Gasteiger partial charge in [-0.2, -0.15) is 0 Å². The molecule has 0 atom stereocenters. The number of rotatable bonds is 8. The monoisotopic (exact) mass is 268 g/mol. The summed E-state index contributed by atoms with van der Waals surface area (Å²) < 4.78 is 9.92. The number of nitrogens with one attached hydrogen (secondary N) is 1. The molecule has 1 N–H and O–H groups in total. The highest BCUT2D eigenvalue weighted by Crippen LogP contribution is 1.98. The smallest absolute Gasteiger partial charge is 0.307 e. The minimum Gasteiger partial charge on any atom is -0.467 e. The van der Waals surface area contributed by atoms with E-state index in [4.69, 9.17) is 9.15 Å². The van der Waals surface area contributed by atoms with Gasteiger partial charge in [-0.1, -0.05) is 0 Å². The van der Waals surface area contributed by atoms with Gasteiger partial charge >= 0.3 is 5.97 Å². The summed E-state index contributed by atoms with van der Waals surface area (Å²) >= 11 is 0. The summed E-state index contributed by atoms with van der Waals surface area (Å²) in [7, 11) is 1.78. The quantitative estimate of drug-likeness (QED) is 0.705. The van der Waals surface area contributed by atoms with E-state index in [-0.39, 0.29) is 24.8 Å². The molecule has 19 heavy (non-hydrogen) atoms. The van der Waals surface area contributed by atoms with E-state index in [1.165, 1.54) is 0 Å². The van der Waals surface area contributed by atoms with Gasteiger partial charge < -0.3 is 14.5 Å². The van der Waals surface area contributed by atoms with Gasteiger partial charge in [-0.25, -0.2) is 0 Å². The summed E-state index contributed by atoms with van der Waals surface area (Å²) in [5.74, 6) is 0.357. The summed E-state index contributed by atoms with van der Waals surface area (Å²) in [5.41, 5.74) is 0. The van der Waals surface area contributed by atoms with Gasteiger partial charge in [0.05, 0.1) is 32.4 Å². The van der Waals surface area contributed by atoms with Crippen molar-refractivity contribution in [3.05, 3.63) is 24.2 Å². The molecule has 6 heteroatoms. The molecule has 0 unspecified atom stereocenters. The minimum atomic E-state index is -0.245.